The monoisotopic (exact) mass is 465 g/mol. The van der Waals surface area contributed by atoms with E-state index in [0.29, 0.717) is 18.4 Å². The Hall–Kier alpha value is -3.22. The van der Waals surface area contributed by atoms with Crippen molar-refractivity contribution in [3.8, 4) is 0 Å². The maximum absolute atomic E-state index is 13.5. The second-order valence-electron chi connectivity index (χ2n) is 9.36. The van der Waals surface area contributed by atoms with Gasteiger partial charge in [0.15, 0.2) is 0 Å². The van der Waals surface area contributed by atoms with E-state index in [2.05, 4.69) is 22.8 Å². The Labute approximate surface area is 199 Å². The van der Waals surface area contributed by atoms with Gasteiger partial charge in [-0.25, -0.2) is 9.18 Å². The summed E-state index contributed by atoms with van der Waals surface area (Å²) in [6, 6.07) is 11.1. The zero-order valence-electron chi connectivity index (χ0n) is 19.8. The number of aryl methyl sites for hydroxylation is 2. The first-order valence-corrected chi connectivity index (χ1v) is 12.2. The normalized spacial score (nSPS) is 20.6. The highest BCUT2D eigenvalue weighted by atomic mass is 19.1. The van der Waals surface area contributed by atoms with Crippen LogP contribution >= 0.6 is 0 Å². The van der Waals surface area contributed by atoms with Gasteiger partial charge >= 0.3 is 6.03 Å². The largest absolute Gasteiger partial charge is 0.348 e. The molecule has 180 valence electrons. The number of amides is 4. The topological polar surface area (TPSA) is 78.5 Å². The van der Waals surface area contributed by atoms with E-state index >= 15 is 0 Å². The smallest absolute Gasteiger partial charge is 0.325 e. The van der Waals surface area contributed by atoms with Crippen LogP contribution in [0.15, 0.2) is 42.5 Å². The lowest BCUT2D eigenvalue weighted by Gasteiger charge is -2.27. The molecule has 2 unspecified atom stereocenters. The van der Waals surface area contributed by atoms with E-state index in [4.69, 9.17) is 0 Å². The number of halogens is 1. The van der Waals surface area contributed by atoms with Crippen LogP contribution in [0.1, 0.15) is 74.2 Å². The molecule has 0 aromatic heterocycles. The number of carbonyl (C=O) groups excluding carboxylic acids is 3. The molecule has 4 rings (SSSR count). The van der Waals surface area contributed by atoms with E-state index in [-0.39, 0.29) is 12.6 Å². The van der Waals surface area contributed by atoms with Crippen LogP contribution in [0.5, 0.6) is 0 Å². The van der Waals surface area contributed by atoms with Crippen LogP contribution in [0.3, 0.4) is 0 Å². The van der Waals surface area contributed by atoms with E-state index in [1.165, 1.54) is 48.2 Å². The van der Waals surface area contributed by atoms with Crippen LogP contribution in [-0.2, 0) is 28.0 Å². The molecule has 0 saturated carbocycles. The Morgan fingerprint density at radius 2 is 1.82 bits per heavy atom. The van der Waals surface area contributed by atoms with Gasteiger partial charge in [-0.05, 0) is 73.4 Å². The highest BCUT2D eigenvalue weighted by Crippen LogP contribution is 2.34. The number of fused-ring (bicyclic) bond motifs is 1. The van der Waals surface area contributed by atoms with E-state index in [0.717, 1.165) is 29.7 Å². The highest BCUT2D eigenvalue weighted by Gasteiger charge is 2.52. The van der Waals surface area contributed by atoms with Crippen molar-refractivity contribution in [1.82, 2.24) is 15.5 Å². The van der Waals surface area contributed by atoms with Crippen LogP contribution in [0.4, 0.5) is 9.18 Å². The standard InChI is InChI=1S/C27H32FN3O3/c1-3-4-15-27(22-11-13-23(28)14-12-22)25(33)31(26(34)30-27)17-24(32)29-18(2)20-10-9-19-7-5-6-8-21(19)16-20/h9-14,16,18H,3-8,15,17H2,1-2H3,(H,29,32)(H,30,34). The predicted octanol–water partition coefficient (Wildman–Crippen LogP) is 4.52. The zero-order chi connectivity index (χ0) is 24.3. The summed E-state index contributed by atoms with van der Waals surface area (Å²) >= 11 is 0. The zero-order valence-corrected chi connectivity index (χ0v) is 19.8. The molecule has 1 aliphatic heterocycles. The minimum atomic E-state index is -1.29. The van der Waals surface area contributed by atoms with Gasteiger partial charge in [-0.2, -0.15) is 0 Å². The van der Waals surface area contributed by atoms with Crippen LogP contribution in [-0.4, -0.2) is 29.3 Å². The maximum atomic E-state index is 13.5. The molecular weight excluding hydrogens is 433 g/mol. The SMILES string of the molecule is CCCCC1(c2ccc(F)cc2)NC(=O)N(CC(=O)NC(C)c2ccc3c(c2)CCCC3)C1=O. The third-order valence-corrected chi connectivity index (χ3v) is 6.97. The Bertz CT molecular complexity index is 1090. The molecule has 2 aromatic carbocycles. The summed E-state index contributed by atoms with van der Waals surface area (Å²) in [5.41, 5.74) is 2.95. The fourth-order valence-corrected chi connectivity index (χ4v) is 4.99. The quantitative estimate of drug-likeness (QED) is 0.563. The molecule has 2 N–H and O–H groups in total. The number of unbranched alkanes of at least 4 members (excludes halogenated alkanes) is 1. The van der Waals surface area contributed by atoms with E-state index < -0.39 is 29.2 Å². The molecule has 0 radical (unpaired) electrons. The van der Waals surface area contributed by atoms with Crippen molar-refractivity contribution in [1.29, 1.82) is 0 Å². The molecule has 1 heterocycles. The van der Waals surface area contributed by atoms with Gasteiger partial charge in [-0.3, -0.25) is 14.5 Å². The first-order valence-electron chi connectivity index (χ1n) is 12.2. The average molecular weight is 466 g/mol. The van der Waals surface area contributed by atoms with Crippen LogP contribution in [0.25, 0.3) is 0 Å². The van der Waals surface area contributed by atoms with Crippen LogP contribution in [0.2, 0.25) is 0 Å². The molecule has 2 aliphatic rings. The average Bonchev–Trinajstić information content (AvgIpc) is 3.07. The molecule has 4 amide bonds. The van der Waals surface area contributed by atoms with Crippen molar-refractivity contribution in [2.75, 3.05) is 6.54 Å². The molecule has 1 saturated heterocycles. The van der Waals surface area contributed by atoms with Gasteiger partial charge in [0.1, 0.15) is 17.9 Å². The number of rotatable bonds is 8. The molecule has 34 heavy (non-hydrogen) atoms. The minimum Gasteiger partial charge on any atom is -0.348 e. The van der Waals surface area contributed by atoms with Gasteiger partial charge in [0, 0.05) is 0 Å². The van der Waals surface area contributed by atoms with Gasteiger partial charge in [-0.1, -0.05) is 50.1 Å². The molecule has 2 aromatic rings. The van der Waals surface area contributed by atoms with Gasteiger partial charge < -0.3 is 10.6 Å². The summed E-state index contributed by atoms with van der Waals surface area (Å²) in [6.45, 7) is 3.53. The van der Waals surface area contributed by atoms with E-state index in [1.54, 1.807) is 0 Å². The fourth-order valence-electron chi connectivity index (χ4n) is 4.99. The predicted molar refractivity (Wildman–Crippen MR) is 127 cm³/mol. The summed E-state index contributed by atoms with van der Waals surface area (Å²) in [5.74, 6) is -1.30. The highest BCUT2D eigenvalue weighted by molar-refractivity contribution is 6.09. The number of hydrogen-bond acceptors (Lipinski definition) is 3. The number of imide groups is 1. The number of carbonyl (C=O) groups is 3. The second kappa shape index (κ2) is 9.95. The lowest BCUT2D eigenvalue weighted by Crippen LogP contribution is -2.45. The minimum absolute atomic E-state index is 0.248. The van der Waals surface area contributed by atoms with E-state index in [9.17, 15) is 18.8 Å². The lowest BCUT2D eigenvalue weighted by molar-refractivity contribution is -0.135. The number of nitrogens with zero attached hydrogens (tertiary/aromatic N) is 1. The molecular formula is C27H32FN3O3. The third-order valence-electron chi connectivity index (χ3n) is 6.97. The molecule has 1 fully saturated rings. The van der Waals surface area contributed by atoms with Crippen molar-refractivity contribution in [2.24, 2.45) is 0 Å². The molecule has 7 heteroatoms. The van der Waals surface area contributed by atoms with Crippen LogP contribution in [0, 0.1) is 5.82 Å². The first kappa shape index (κ1) is 23.9. The third kappa shape index (κ3) is 4.69. The molecule has 0 spiro atoms. The van der Waals surface area contributed by atoms with Crippen molar-refractivity contribution < 1.29 is 18.8 Å². The summed E-state index contributed by atoms with van der Waals surface area (Å²) in [5, 5.41) is 5.72. The Kier molecular flexibility index (Phi) is 7.00. The Morgan fingerprint density at radius 3 is 2.53 bits per heavy atom. The second-order valence-corrected chi connectivity index (χ2v) is 9.36. The molecule has 6 nitrogen and oxygen atoms in total. The first-order chi connectivity index (χ1) is 16.3. The summed E-state index contributed by atoms with van der Waals surface area (Å²) in [4.78, 5) is 40.0. The number of hydrogen-bond donors (Lipinski definition) is 2. The number of urea groups is 1. The maximum Gasteiger partial charge on any atom is 0.325 e. The Balaban J connectivity index is 1.47. The van der Waals surface area contributed by atoms with Gasteiger partial charge in [0.25, 0.3) is 5.91 Å². The van der Waals surface area contributed by atoms with Gasteiger partial charge in [0.2, 0.25) is 5.91 Å². The number of nitrogens with one attached hydrogen (secondary N) is 2. The Morgan fingerprint density at radius 1 is 1.12 bits per heavy atom. The summed E-state index contributed by atoms with van der Waals surface area (Å²) in [7, 11) is 0. The van der Waals surface area contributed by atoms with Crippen LogP contribution < -0.4 is 10.6 Å². The van der Waals surface area contributed by atoms with Gasteiger partial charge in [0.05, 0.1) is 6.04 Å². The molecule has 1 aliphatic carbocycles. The molecule has 0 bridgehead atoms. The van der Waals surface area contributed by atoms with Crippen molar-refractivity contribution in [2.45, 2.75) is 70.4 Å². The van der Waals surface area contributed by atoms with Crippen molar-refractivity contribution in [3.63, 3.8) is 0 Å². The van der Waals surface area contributed by atoms with Crippen molar-refractivity contribution >= 4 is 17.8 Å². The number of benzene rings is 2. The van der Waals surface area contributed by atoms with E-state index in [1.807, 2.05) is 19.9 Å². The summed E-state index contributed by atoms with van der Waals surface area (Å²) in [6.07, 6.45) is 6.43. The lowest BCUT2D eigenvalue weighted by atomic mass is 9.85. The summed E-state index contributed by atoms with van der Waals surface area (Å²) < 4.78 is 13.5. The molecule has 2 atom stereocenters. The fraction of sp³-hybridized carbons (Fsp3) is 0.444. The van der Waals surface area contributed by atoms with Gasteiger partial charge in [-0.15, -0.1) is 0 Å². The van der Waals surface area contributed by atoms with Crippen molar-refractivity contribution in [3.05, 3.63) is 70.5 Å².